The third-order valence-corrected chi connectivity index (χ3v) is 5.35. The largest absolute Gasteiger partial charge is 0.313 e. The second-order valence-electron chi connectivity index (χ2n) is 5.58. The Morgan fingerprint density at radius 1 is 1.33 bits per heavy atom. The third-order valence-electron chi connectivity index (χ3n) is 3.85. The van der Waals surface area contributed by atoms with Crippen molar-refractivity contribution in [2.24, 2.45) is 5.92 Å². The van der Waals surface area contributed by atoms with E-state index in [9.17, 15) is 12.8 Å². The van der Waals surface area contributed by atoms with Crippen LogP contribution in [-0.2, 0) is 16.6 Å². The lowest BCUT2D eigenvalue weighted by Gasteiger charge is -2.25. The first kappa shape index (κ1) is 16.4. The van der Waals surface area contributed by atoms with E-state index in [1.54, 1.807) is 0 Å². The van der Waals surface area contributed by atoms with Gasteiger partial charge in [0.1, 0.15) is 5.82 Å². The van der Waals surface area contributed by atoms with Crippen molar-refractivity contribution in [3.05, 3.63) is 29.6 Å². The molecule has 4 nitrogen and oxygen atoms in total. The van der Waals surface area contributed by atoms with Gasteiger partial charge in [-0.2, -0.15) is 0 Å². The average molecular weight is 314 g/mol. The first-order valence-corrected chi connectivity index (χ1v) is 9.00. The van der Waals surface area contributed by atoms with E-state index in [1.165, 1.54) is 18.6 Å². The van der Waals surface area contributed by atoms with Crippen molar-refractivity contribution >= 4 is 10.0 Å². The lowest BCUT2D eigenvalue weighted by molar-refractivity contribution is 0.316. The summed E-state index contributed by atoms with van der Waals surface area (Å²) in [5.74, 6) is -0.103. The Bertz CT molecular complexity index is 571. The van der Waals surface area contributed by atoms with E-state index in [1.807, 2.05) is 6.92 Å². The van der Waals surface area contributed by atoms with Crippen LogP contribution in [0.1, 0.15) is 38.2 Å². The summed E-state index contributed by atoms with van der Waals surface area (Å²) in [6.07, 6.45) is 4.26. The molecule has 21 heavy (non-hydrogen) atoms. The summed E-state index contributed by atoms with van der Waals surface area (Å²) in [5, 5.41) is 3.16. The Hall–Kier alpha value is -0.980. The molecule has 2 rings (SSSR count). The van der Waals surface area contributed by atoms with Crippen LogP contribution in [0.5, 0.6) is 0 Å². The molecule has 0 amide bonds. The van der Waals surface area contributed by atoms with Crippen molar-refractivity contribution < 1.29 is 12.8 Å². The minimum atomic E-state index is -3.65. The van der Waals surface area contributed by atoms with Crippen LogP contribution >= 0.6 is 0 Å². The number of benzene rings is 1. The highest BCUT2D eigenvalue weighted by Gasteiger charge is 2.23. The standard InChI is InChI=1S/C15H23FN2O2S/c1-2-8-17-11-13-6-7-14(16)9-15(13)21(19,20)18-10-12-4-3-5-12/h6-7,9,12,17-18H,2-5,8,10-11H2,1H3. The van der Waals surface area contributed by atoms with E-state index in [0.29, 0.717) is 24.6 Å². The van der Waals surface area contributed by atoms with Gasteiger partial charge in [0.15, 0.2) is 0 Å². The summed E-state index contributed by atoms with van der Waals surface area (Å²) in [5.41, 5.74) is 0.603. The van der Waals surface area contributed by atoms with Crippen molar-refractivity contribution in [2.75, 3.05) is 13.1 Å². The average Bonchev–Trinajstić information content (AvgIpc) is 2.38. The molecule has 0 radical (unpaired) electrons. The number of hydrogen-bond acceptors (Lipinski definition) is 3. The summed E-state index contributed by atoms with van der Waals surface area (Å²) in [6.45, 7) is 3.70. The van der Waals surface area contributed by atoms with Crippen LogP contribution in [0.4, 0.5) is 4.39 Å². The van der Waals surface area contributed by atoms with Gasteiger partial charge in [-0.05, 0) is 49.4 Å². The van der Waals surface area contributed by atoms with Gasteiger partial charge in [0.05, 0.1) is 4.90 Å². The van der Waals surface area contributed by atoms with E-state index < -0.39 is 15.8 Å². The molecule has 1 aliphatic carbocycles. The number of nitrogens with one attached hydrogen (secondary N) is 2. The molecule has 0 bridgehead atoms. The monoisotopic (exact) mass is 314 g/mol. The molecule has 1 aliphatic rings. The zero-order chi connectivity index (χ0) is 15.3. The van der Waals surface area contributed by atoms with Crippen molar-refractivity contribution in [3.63, 3.8) is 0 Å². The molecule has 0 saturated heterocycles. The molecular weight excluding hydrogens is 291 g/mol. The van der Waals surface area contributed by atoms with Gasteiger partial charge in [0, 0.05) is 13.1 Å². The minimum Gasteiger partial charge on any atom is -0.313 e. The first-order chi connectivity index (χ1) is 10.0. The fourth-order valence-corrected chi connectivity index (χ4v) is 3.69. The summed E-state index contributed by atoms with van der Waals surface area (Å²) >= 11 is 0. The SMILES string of the molecule is CCCNCc1ccc(F)cc1S(=O)(=O)NCC1CCC1. The second kappa shape index (κ2) is 7.33. The molecule has 1 fully saturated rings. The number of sulfonamides is 1. The lowest BCUT2D eigenvalue weighted by Crippen LogP contribution is -2.33. The highest BCUT2D eigenvalue weighted by atomic mass is 32.2. The van der Waals surface area contributed by atoms with Crippen LogP contribution in [0.2, 0.25) is 0 Å². The van der Waals surface area contributed by atoms with E-state index in [2.05, 4.69) is 10.0 Å². The maximum atomic E-state index is 13.4. The predicted octanol–water partition coefficient (Wildman–Crippen LogP) is 2.40. The van der Waals surface area contributed by atoms with Crippen molar-refractivity contribution in [1.82, 2.24) is 10.0 Å². The van der Waals surface area contributed by atoms with Gasteiger partial charge in [-0.3, -0.25) is 0 Å². The predicted molar refractivity (Wildman–Crippen MR) is 80.9 cm³/mol. The molecule has 0 spiro atoms. The highest BCUT2D eigenvalue weighted by Crippen LogP contribution is 2.26. The number of hydrogen-bond donors (Lipinski definition) is 2. The number of rotatable bonds is 8. The van der Waals surface area contributed by atoms with Gasteiger partial charge in [0.25, 0.3) is 0 Å². The maximum absolute atomic E-state index is 13.4. The molecule has 0 aromatic heterocycles. The van der Waals surface area contributed by atoms with E-state index >= 15 is 0 Å². The fraction of sp³-hybridized carbons (Fsp3) is 0.600. The van der Waals surface area contributed by atoms with Crippen LogP contribution in [-0.4, -0.2) is 21.5 Å². The Kier molecular flexibility index (Phi) is 5.72. The van der Waals surface area contributed by atoms with E-state index in [-0.39, 0.29) is 4.90 Å². The normalized spacial score (nSPS) is 15.9. The fourth-order valence-electron chi connectivity index (χ4n) is 2.33. The van der Waals surface area contributed by atoms with Crippen molar-refractivity contribution in [3.8, 4) is 0 Å². The highest BCUT2D eigenvalue weighted by molar-refractivity contribution is 7.89. The zero-order valence-electron chi connectivity index (χ0n) is 12.4. The van der Waals surface area contributed by atoms with Crippen molar-refractivity contribution in [2.45, 2.75) is 44.0 Å². The molecule has 0 unspecified atom stereocenters. The lowest BCUT2D eigenvalue weighted by atomic mass is 9.86. The van der Waals surface area contributed by atoms with Crippen LogP contribution in [0.3, 0.4) is 0 Å². The Morgan fingerprint density at radius 2 is 2.10 bits per heavy atom. The summed E-state index contributed by atoms with van der Waals surface area (Å²) in [7, 11) is -3.65. The second-order valence-corrected chi connectivity index (χ2v) is 7.31. The van der Waals surface area contributed by atoms with Crippen LogP contribution in [0.25, 0.3) is 0 Å². The van der Waals surface area contributed by atoms with Gasteiger partial charge in [-0.25, -0.2) is 17.5 Å². The molecule has 1 aromatic rings. The van der Waals surface area contributed by atoms with Gasteiger partial charge < -0.3 is 5.32 Å². The molecule has 2 N–H and O–H groups in total. The molecular formula is C15H23FN2O2S. The van der Waals surface area contributed by atoms with Gasteiger partial charge >= 0.3 is 0 Å². The summed E-state index contributed by atoms with van der Waals surface area (Å²) in [4.78, 5) is 0.0467. The third kappa shape index (κ3) is 4.49. The Labute approximate surface area is 126 Å². The number of halogens is 1. The smallest absolute Gasteiger partial charge is 0.241 e. The molecule has 1 saturated carbocycles. The molecule has 1 aromatic carbocycles. The van der Waals surface area contributed by atoms with E-state index in [0.717, 1.165) is 31.9 Å². The summed E-state index contributed by atoms with van der Waals surface area (Å²) < 4.78 is 40.8. The first-order valence-electron chi connectivity index (χ1n) is 7.51. The maximum Gasteiger partial charge on any atom is 0.241 e. The van der Waals surface area contributed by atoms with E-state index in [4.69, 9.17) is 0 Å². The molecule has 0 aliphatic heterocycles. The van der Waals surface area contributed by atoms with Gasteiger partial charge in [-0.15, -0.1) is 0 Å². The molecule has 0 atom stereocenters. The van der Waals surface area contributed by atoms with Crippen molar-refractivity contribution in [1.29, 1.82) is 0 Å². The van der Waals surface area contributed by atoms with Crippen LogP contribution in [0.15, 0.2) is 23.1 Å². The summed E-state index contributed by atoms with van der Waals surface area (Å²) in [6, 6.07) is 3.94. The minimum absolute atomic E-state index is 0.0467. The van der Waals surface area contributed by atoms with Gasteiger partial charge in [0.2, 0.25) is 10.0 Å². The topological polar surface area (TPSA) is 58.2 Å². The van der Waals surface area contributed by atoms with Crippen LogP contribution in [0, 0.1) is 11.7 Å². The Balaban J connectivity index is 2.12. The zero-order valence-corrected chi connectivity index (χ0v) is 13.2. The quantitative estimate of drug-likeness (QED) is 0.725. The van der Waals surface area contributed by atoms with Gasteiger partial charge in [-0.1, -0.05) is 19.4 Å². The van der Waals surface area contributed by atoms with Crippen LogP contribution < -0.4 is 10.0 Å². The Morgan fingerprint density at radius 3 is 2.71 bits per heavy atom. The molecule has 0 heterocycles. The molecule has 118 valence electrons. The molecule has 6 heteroatoms.